The Kier molecular flexibility index (Phi) is 9.93. The van der Waals surface area contributed by atoms with Gasteiger partial charge in [0.05, 0.1) is 13.7 Å². The Labute approximate surface area is 170 Å². The van der Waals surface area contributed by atoms with E-state index in [4.69, 9.17) is 14.5 Å². The Morgan fingerprint density at radius 3 is 2.43 bits per heavy atom. The number of nitrogens with zero attached hydrogens (tertiary/aromatic N) is 4. The first-order valence-corrected chi connectivity index (χ1v) is 10.3. The minimum absolute atomic E-state index is 0.779. The van der Waals surface area contributed by atoms with E-state index in [2.05, 4.69) is 46.1 Å². The van der Waals surface area contributed by atoms with E-state index < -0.39 is 0 Å². The molecule has 1 saturated heterocycles. The number of ether oxygens (including phenoxy) is 2. The van der Waals surface area contributed by atoms with E-state index in [1.54, 1.807) is 14.2 Å². The molecule has 1 fully saturated rings. The Morgan fingerprint density at radius 2 is 1.82 bits per heavy atom. The van der Waals surface area contributed by atoms with E-state index in [-0.39, 0.29) is 0 Å². The van der Waals surface area contributed by atoms with Gasteiger partial charge in [-0.2, -0.15) is 0 Å². The molecule has 1 N–H and O–H groups in total. The molecule has 0 saturated carbocycles. The number of hydrogen-bond acceptors (Lipinski definition) is 5. The molecule has 7 nitrogen and oxygen atoms in total. The first-order chi connectivity index (χ1) is 13.7. The lowest BCUT2D eigenvalue weighted by Crippen LogP contribution is -2.52. The highest BCUT2D eigenvalue weighted by molar-refractivity contribution is 5.80. The zero-order chi connectivity index (χ0) is 20.2. The summed E-state index contributed by atoms with van der Waals surface area (Å²) in [6, 6.07) is 8.31. The van der Waals surface area contributed by atoms with Gasteiger partial charge in [-0.3, -0.25) is 4.99 Å². The van der Waals surface area contributed by atoms with E-state index in [1.807, 2.05) is 12.1 Å². The average Bonchev–Trinajstić information content (AvgIpc) is 2.74. The Bertz CT molecular complexity index is 571. The van der Waals surface area contributed by atoms with Gasteiger partial charge < -0.3 is 29.5 Å². The maximum absolute atomic E-state index is 5.25. The fourth-order valence-electron chi connectivity index (χ4n) is 3.28. The number of methoxy groups -OCH3 is 2. The predicted molar refractivity (Wildman–Crippen MR) is 117 cm³/mol. The second-order valence-electron chi connectivity index (χ2n) is 7.06. The van der Waals surface area contributed by atoms with Crippen molar-refractivity contribution in [2.24, 2.45) is 4.99 Å². The van der Waals surface area contributed by atoms with Crippen LogP contribution < -0.4 is 15.0 Å². The number of hydrogen-bond donors (Lipinski definition) is 1. The quantitative estimate of drug-likeness (QED) is 0.373. The van der Waals surface area contributed by atoms with Crippen molar-refractivity contribution in [1.82, 2.24) is 15.1 Å². The second-order valence-corrected chi connectivity index (χ2v) is 7.06. The zero-order valence-electron chi connectivity index (χ0n) is 18.0. The third-order valence-corrected chi connectivity index (χ3v) is 4.99. The summed E-state index contributed by atoms with van der Waals surface area (Å²) in [5.41, 5.74) is 1.25. The van der Waals surface area contributed by atoms with Crippen molar-refractivity contribution in [3.05, 3.63) is 24.3 Å². The van der Waals surface area contributed by atoms with Gasteiger partial charge in [-0.25, -0.2) is 0 Å². The van der Waals surface area contributed by atoms with Crippen LogP contribution in [0.15, 0.2) is 29.3 Å². The minimum Gasteiger partial charge on any atom is -0.497 e. The minimum atomic E-state index is 0.779. The predicted octanol–water partition coefficient (Wildman–Crippen LogP) is 1.75. The van der Waals surface area contributed by atoms with Gasteiger partial charge in [0.2, 0.25) is 0 Å². The molecule has 0 spiro atoms. The highest BCUT2D eigenvalue weighted by atomic mass is 16.5. The Hall–Kier alpha value is -1.99. The Morgan fingerprint density at radius 1 is 1.11 bits per heavy atom. The van der Waals surface area contributed by atoms with Crippen LogP contribution in [0.25, 0.3) is 0 Å². The van der Waals surface area contributed by atoms with Crippen LogP contribution in [-0.2, 0) is 4.74 Å². The van der Waals surface area contributed by atoms with Crippen molar-refractivity contribution in [3.63, 3.8) is 0 Å². The lowest BCUT2D eigenvalue weighted by molar-refractivity contribution is 0.161. The zero-order valence-corrected chi connectivity index (χ0v) is 18.0. The van der Waals surface area contributed by atoms with Gasteiger partial charge in [-0.15, -0.1) is 0 Å². The van der Waals surface area contributed by atoms with Crippen LogP contribution in [0.5, 0.6) is 5.75 Å². The number of piperazine rings is 1. The first kappa shape index (κ1) is 22.3. The van der Waals surface area contributed by atoms with Crippen molar-refractivity contribution in [2.45, 2.75) is 13.3 Å². The number of rotatable bonds is 10. The van der Waals surface area contributed by atoms with Crippen LogP contribution in [0, 0.1) is 0 Å². The monoisotopic (exact) mass is 391 g/mol. The molecule has 0 aliphatic carbocycles. The molecule has 1 aliphatic heterocycles. The van der Waals surface area contributed by atoms with Crippen LogP contribution in [-0.4, -0.2) is 96.0 Å². The molecule has 1 aliphatic rings. The summed E-state index contributed by atoms with van der Waals surface area (Å²) in [7, 11) is 5.58. The molecular weight excluding hydrogens is 354 g/mol. The number of nitrogens with one attached hydrogen (secondary N) is 1. The van der Waals surface area contributed by atoms with Crippen LogP contribution in [0.1, 0.15) is 13.3 Å². The van der Waals surface area contributed by atoms with Gasteiger partial charge in [0.25, 0.3) is 0 Å². The molecule has 2 rings (SSSR count). The van der Waals surface area contributed by atoms with Crippen molar-refractivity contribution in [3.8, 4) is 5.75 Å². The molecule has 1 heterocycles. The topological polar surface area (TPSA) is 52.6 Å². The molecule has 1 aromatic rings. The number of aliphatic imine (C=N–C) groups is 1. The Balaban J connectivity index is 1.80. The van der Waals surface area contributed by atoms with Gasteiger partial charge in [0.1, 0.15) is 5.75 Å². The summed E-state index contributed by atoms with van der Waals surface area (Å²) < 4.78 is 10.4. The maximum atomic E-state index is 5.25. The van der Waals surface area contributed by atoms with Gasteiger partial charge in [-0.05, 0) is 51.2 Å². The third-order valence-electron chi connectivity index (χ3n) is 4.99. The highest BCUT2D eigenvalue weighted by Gasteiger charge is 2.19. The summed E-state index contributed by atoms with van der Waals surface area (Å²) in [5, 5.41) is 3.45. The van der Waals surface area contributed by atoms with Gasteiger partial charge >= 0.3 is 0 Å². The number of anilines is 1. The molecule has 1 aromatic carbocycles. The van der Waals surface area contributed by atoms with Crippen LogP contribution >= 0.6 is 0 Å². The van der Waals surface area contributed by atoms with E-state index in [0.717, 1.165) is 77.1 Å². The molecule has 0 amide bonds. The van der Waals surface area contributed by atoms with E-state index in [0.29, 0.717) is 0 Å². The van der Waals surface area contributed by atoms with Crippen LogP contribution in [0.4, 0.5) is 5.69 Å². The first-order valence-electron chi connectivity index (χ1n) is 10.3. The number of guanidine groups is 1. The van der Waals surface area contributed by atoms with Crippen molar-refractivity contribution in [2.75, 3.05) is 85.1 Å². The highest BCUT2D eigenvalue weighted by Crippen LogP contribution is 2.20. The van der Waals surface area contributed by atoms with Gasteiger partial charge in [0.15, 0.2) is 5.96 Å². The lowest BCUT2D eigenvalue weighted by atomic mass is 10.2. The van der Waals surface area contributed by atoms with Gasteiger partial charge in [0, 0.05) is 58.6 Å². The molecule has 0 bridgehead atoms. The van der Waals surface area contributed by atoms with Crippen molar-refractivity contribution < 1.29 is 9.47 Å². The molecule has 28 heavy (non-hydrogen) atoms. The normalized spacial score (nSPS) is 15.2. The largest absolute Gasteiger partial charge is 0.497 e. The number of benzene rings is 1. The van der Waals surface area contributed by atoms with Crippen molar-refractivity contribution >= 4 is 11.6 Å². The average molecular weight is 392 g/mol. The second kappa shape index (κ2) is 12.5. The van der Waals surface area contributed by atoms with Crippen molar-refractivity contribution in [1.29, 1.82) is 0 Å². The smallest absolute Gasteiger partial charge is 0.194 e. The molecule has 0 radical (unpaired) electrons. The standard InChI is InChI=1S/C21H37N5O2/c1-5-22-21(23-11-6-12-24(2)17-18-27-3)26-15-13-25(14-16-26)19-7-9-20(28-4)10-8-19/h7-10H,5-6,11-18H2,1-4H3,(H,22,23). The van der Waals surface area contributed by atoms with Gasteiger partial charge in [-0.1, -0.05) is 0 Å². The van der Waals surface area contributed by atoms with Crippen LogP contribution in [0.2, 0.25) is 0 Å². The molecular formula is C21H37N5O2. The fraction of sp³-hybridized carbons (Fsp3) is 0.667. The van der Waals surface area contributed by atoms with E-state index >= 15 is 0 Å². The summed E-state index contributed by atoms with van der Waals surface area (Å²) in [6.45, 7) is 10.6. The summed E-state index contributed by atoms with van der Waals surface area (Å²) in [5.74, 6) is 1.94. The summed E-state index contributed by atoms with van der Waals surface area (Å²) in [4.78, 5) is 11.9. The summed E-state index contributed by atoms with van der Waals surface area (Å²) >= 11 is 0. The maximum Gasteiger partial charge on any atom is 0.194 e. The van der Waals surface area contributed by atoms with Crippen LogP contribution in [0.3, 0.4) is 0 Å². The van der Waals surface area contributed by atoms with E-state index in [9.17, 15) is 0 Å². The van der Waals surface area contributed by atoms with E-state index in [1.165, 1.54) is 5.69 Å². The molecule has 0 unspecified atom stereocenters. The molecule has 7 heteroatoms. The number of likely N-dealkylation sites (N-methyl/N-ethyl adjacent to an activating group) is 1. The third kappa shape index (κ3) is 7.20. The SMILES string of the molecule is CCNC(=NCCCN(C)CCOC)N1CCN(c2ccc(OC)cc2)CC1. The molecule has 158 valence electrons. The molecule has 0 aromatic heterocycles. The lowest BCUT2D eigenvalue weighted by Gasteiger charge is -2.37. The fourth-order valence-corrected chi connectivity index (χ4v) is 3.28. The molecule has 0 atom stereocenters. The summed E-state index contributed by atoms with van der Waals surface area (Å²) in [6.07, 6.45) is 1.06.